The van der Waals surface area contributed by atoms with Crippen molar-refractivity contribution in [2.45, 2.75) is 72.0 Å². The number of amides is 2. The Morgan fingerprint density at radius 1 is 0.897 bits per heavy atom. The average molecular weight is 395 g/mol. The third-order valence-electron chi connectivity index (χ3n) is 5.42. The van der Waals surface area contributed by atoms with Crippen LogP contribution in [0.1, 0.15) is 57.2 Å². The molecule has 2 aromatic carbocycles. The van der Waals surface area contributed by atoms with E-state index in [1.54, 1.807) is 4.90 Å². The van der Waals surface area contributed by atoms with Gasteiger partial charge in [0, 0.05) is 19.0 Å². The fraction of sp³-hybridized carbons (Fsp3) is 0.440. The number of hydrogen-bond donors (Lipinski definition) is 1. The highest BCUT2D eigenvalue weighted by molar-refractivity contribution is 5.87. The number of hydrogen-bond acceptors (Lipinski definition) is 2. The van der Waals surface area contributed by atoms with Crippen LogP contribution in [0.3, 0.4) is 0 Å². The number of nitrogens with one attached hydrogen (secondary N) is 1. The van der Waals surface area contributed by atoms with Gasteiger partial charge in [-0.2, -0.15) is 0 Å². The highest BCUT2D eigenvalue weighted by Crippen LogP contribution is 2.14. The highest BCUT2D eigenvalue weighted by Gasteiger charge is 2.26. The van der Waals surface area contributed by atoms with Gasteiger partial charge in [-0.05, 0) is 49.8 Å². The second-order valence-electron chi connectivity index (χ2n) is 7.67. The Kier molecular flexibility index (Phi) is 8.91. The molecule has 0 bridgehead atoms. The molecule has 0 spiro atoms. The minimum absolute atomic E-state index is 0.000206. The predicted molar refractivity (Wildman–Crippen MR) is 118 cm³/mol. The molecule has 4 nitrogen and oxygen atoms in total. The molecule has 1 N–H and O–H groups in total. The van der Waals surface area contributed by atoms with Crippen LogP contribution in [0.5, 0.6) is 0 Å². The number of nitrogens with zero attached hydrogens (tertiary/aromatic N) is 1. The minimum atomic E-state index is -0.515. The zero-order valence-electron chi connectivity index (χ0n) is 18.2. The maximum Gasteiger partial charge on any atom is 0.242 e. The molecule has 0 aliphatic heterocycles. The Morgan fingerprint density at radius 3 is 2.10 bits per heavy atom. The number of carbonyl (C=O) groups excluding carboxylic acids is 2. The van der Waals surface area contributed by atoms with E-state index in [9.17, 15) is 9.59 Å². The van der Waals surface area contributed by atoms with Gasteiger partial charge < -0.3 is 10.2 Å². The van der Waals surface area contributed by atoms with Crippen LogP contribution in [0.2, 0.25) is 0 Å². The summed E-state index contributed by atoms with van der Waals surface area (Å²) in [7, 11) is 0. The van der Waals surface area contributed by atoms with Crippen molar-refractivity contribution >= 4 is 11.8 Å². The van der Waals surface area contributed by atoms with Gasteiger partial charge in [-0.15, -0.1) is 0 Å². The topological polar surface area (TPSA) is 49.4 Å². The van der Waals surface area contributed by atoms with E-state index in [1.807, 2.05) is 51.1 Å². The normalized spacial score (nSPS) is 12.8. The van der Waals surface area contributed by atoms with Gasteiger partial charge in [0.25, 0.3) is 0 Å². The Labute approximate surface area is 175 Å². The molecule has 0 heterocycles. The van der Waals surface area contributed by atoms with Crippen molar-refractivity contribution in [3.05, 3.63) is 71.3 Å². The van der Waals surface area contributed by atoms with Crippen molar-refractivity contribution in [2.24, 2.45) is 0 Å². The van der Waals surface area contributed by atoms with Crippen molar-refractivity contribution in [1.29, 1.82) is 0 Å². The summed E-state index contributed by atoms with van der Waals surface area (Å²) in [6.07, 6.45) is 2.93. The molecule has 2 aromatic rings. The molecule has 0 aliphatic carbocycles. The molecule has 0 radical (unpaired) electrons. The fourth-order valence-corrected chi connectivity index (χ4v) is 3.16. The molecule has 4 heteroatoms. The van der Waals surface area contributed by atoms with Crippen LogP contribution >= 0.6 is 0 Å². The molecule has 0 aliphatic rings. The number of rotatable bonds is 10. The Bertz CT molecular complexity index is 771. The lowest BCUT2D eigenvalue weighted by Gasteiger charge is -2.29. The number of aryl methyl sites for hydroxylation is 2. The third-order valence-corrected chi connectivity index (χ3v) is 5.42. The van der Waals surface area contributed by atoms with E-state index in [0.29, 0.717) is 19.4 Å². The quantitative estimate of drug-likeness (QED) is 0.644. The van der Waals surface area contributed by atoms with Crippen LogP contribution in [0.4, 0.5) is 0 Å². The van der Waals surface area contributed by atoms with Gasteiger partial charge >= 0.3 is 0 Å². The number of carbonyl (C=O) groups is 2. The average Bonchev–Trinajstić information content (AvgIpc) is 2.76. The SMILES string of the molecule is CCc1ccc(CCC(=O)N(Cc2ccccc2)[C@@H](C)C(=O)N[C@H](C)CC)cc1. The van der Waals surface area contributed by atoms with E-state index in [4.69, 9.17) is 0 Å². The predicted octanol–water partition coefficient (Wildman–Crippen LogP) is 4.51. The third kappa shape index (κ3) is 7.04. The first-order valence-electron chi connectivity index (χ1n) is 10.7. The van der Waals surface area contributed by atoms with Crippen LogP contribution in [-0.2, 0) is 29.0 Å². The minimum Gasteiger partial charge on any atom is -0.352 e. The van der Waals surface area contributed by atoms with E-state index >= 15 is 0 Å². The Morgan fingerprint density at radius 2 is 1.52 bits per heavy atom. The molecule has 0 fully saturated rings. The summed E-state index contributed by atoms with van der Waals surface area (Å²) in [5.41, 5.74) is 3.46. The molecular formula is C25H34N2O2. The lowest BCUT2D eigenvalue weighted by molar-refractivity contribution is -0.140. The first-order chi connectivity index (χ1) is 13.9. The van der Waals surface area contributed by atoms with E-state index in [1.165, 1.54) is 5.56 Å². The molecule has 156 valence electrons. The molecule has 0 unspecified atom stereocenters. The molecule has 0 saturated heterocycles. The van der Waals surface area contributed by atoms with Crippen LogP contribution in [0, 0.1) is 0 Å². The van der Waals surface area contributed by atoms with Gasteiger partial charge in [-0.3, -0.25) is 9.59 Å². The molecule has 0 aromatic heterocycles. The van der Waals surface area contributed by atoms with Crippen molar-refractivity contribution in [3.63, 3.8) is 0 Å². The largest absolute Gasteiger partial charge is 0.352 e. The molecular weight excluding hydrogens is 360 g/mol. The van der Waals surface area contributed by atoms with Crippen molar-refractivity contribution in [1.82, 2.24) is 10.2 Å². The summed E-state index contributed by atoms with van der Waals surface area (Å²) < 4.78 is 0. The van der Waals surface area contributed by atoms with Gasteiger partial charge in [-0.25, -0.2) is 0 Å². The maximum absolute atomic E-state index is 13.1. The van der Waals surface area contributed by atoms with Gasteiger partial charge in [-0.1, -0.05) is 68.4 Å². The fourth-order valence-electron chi connectivity index (χ4n) is 3.16. The summed E-state index contributed by atoms with van der Waals surface area (Å²) in [5.74, 6) is -0.101. The van der Waals surface area contributed by atoms with Crippen molar-refractivity contribution in [2.75, 3.05) is 0 Å². The Balaban J connectivity index is 2.09. The summed E-state index contributed by atoms with van der Waals surface area (Å²) in [6.45, 7) is 8.39. The van der Waals surface area contributed by atoms with Gasteiger partial charge in [0.15, 0.2) is 0 Å². The summed E-state index contributed by atoms with van der Waals surface area (Å²) in [6, 6.07) is 17.8. The summed E-state index contributed by atoms with van der Waals surface area (Å²) in [5, 5.41) is 3.00. The molecule has 2 atom stereocenters. The molecule has 2 amide bonds. The second kappa shape index (κ2) is 11.4. The summed E-state index contributed by atoms with van der Waals surface area (Å²) in [4.78, 5) is 27.5. The Hall–Kier alpha value is -2.62. The van der Waals surface area contributed by atoms with Crippen LogP contribution in [0.25, 0.3) is 0 Å². The van der Waals surface area contributed by atoms with E-state index in [-0.39, 0.29) is 17.9 Å². The molecule has 2 rings (SSSR count). The smallest absolute Gasteiger partial charge is 0.242 e. The first kappa shape index (κ1) is 22.7. The van der Waals surface area contributed by atoms with Crippen LogP contribution in [-0.4, -0.2) is 28.8 Å². The lowest BCUT2D eigenvalue weighted by Crippen LogP contribution is -2.49. The second-order valence-corrected chi connectivity index (χ2v) is 7.67. The highest BCUT2D eigenvalue weighted by atomic mass is 16.2. The lowest BCUT2D eigenvalue weighted by atomic mass is 10.0. The van der Waals surface area contributed by atoms with Gasteiger partial charge in [0.2, 0.25) is 11.8 Å². The summed E-state index contributed by atoms with van der Waals surface area (Å²) >= 11 is 0. The first-order valence-corrected chi connectivity index (χ1v) is 10.7. The van der Waals surface area contributed by atoms with E-state index in [2.05, 4.69) is 36.5 Å². The van der Waals surface area contributed by atoms with Gasteiger partial charge in [0.05, 0.1) is 0 Å². The number of benzene rings is 2. The van der Waals surface area contributed by atoms with E-state index < -0.39 is 6.04 Å². The van der Waals surface area contributed by atoms with Crippen LogP contribution in [0.15, 0.2) is 54.6 Å². The zero-order chi connectivity index (χ0) is 21.2. The van der Waals surface area contributed by atoms with Gasteiger partial charge in [0.1, 0.15) is 6.04 Å². The van der Waals surface area contributed by atoms with Crippen LogP contribution < -0.4 is 5.32 Å². The van der Waals surface area contributed by atoms with Crippen molar-refractivity contribution in [3.8, 4) is 0 Å². The molecule has 29 heavy (non-hydrogen) atoms. The van der Waals surface area contributed by atoms with Crippen molar-refractivity contribution < 1.29 is 9.59 Å². The standard InChI is InChI=1S/C25H34N2O2/c1-5-19(3)26-25(29)20(4)27(18-23-10-8-7-9-11-23)24(28)17-16-22-14-12-21(6-2)13-15-22/h7-15,19-20H,5-6,16-18H2,1-4H3,(H,26,29)/t19-,20+/m1/s1. The molecule has 0 saturated carbocycles. The van der Waals surface area contributed by atoms with E-state index in [0.717, 1.165) is 24.0 Å². The monoisotopic (exact) mass is 394 g/mol. The maximum atomic E-state index is 13.1. The zero-order valence-corrected chi connectivity index (χ0v) is 18.2.